The lowest BCUT2D eigenvalue weighted by molar-refractivity contribution is -0.171. The first-order chi connectivity index (χ1) is 17.6. The molecule has 6 rings (SSSR count). The third kappa shape index (κ3) is 4.63. The molecule has 3 unspecified atom stereocenters. The van der Waals surface area contributed by atoms with Gasteiger partial charge in [-0.05, 0) is 43.5 Å². The third-order valence-corrected chi connectivity index (χ3v) is 9.83. The number of aromatic nitrogens is 2. The predicted octanol–water partition coefficient (Wildman–Crippen LogP) is 4.27. The number of hydrogen-bond acceptors (Lipinski definition) is 7. The van der Waals surface area contributed by atoms with E-state index in [-0.39, 0.29) is 19.1 Å². The molecule has 0 radical (unpaired) electrons. The first-order valence-corrected chi connectivity index (χ1v) is 14.2. The van der Waals surface area contributed by atoms with E-state index in [4.69, 9.17) is 20.1 Å². The number of hydrogen-bond donors (Lipinski definition) is 1. The maximum atomic E-state index is 14.0. The van der Waals surface area contributed by atoms with E-state index in [1.807, 2.05) is 54.3 Å². The Kier molecular flexibility index (Phi) is 5.83. The number of rotatable bonds is 3. The fourth-order valence-corrected chi connectivity index (χ4v) is 7.65. The van der Waals surface area contributed by atoms with Crippen molar-refractivity contribution in [2.24, 2.45) is 16.0 Å². The average molecular weight is 531 g/mol. The van der Waals surface area contributed by atoms with Crippen molar-refractivity contribution in [3.63, 3.8) is 0 Å². The van der Waals surface area contributed by atoms with Crippen molar-refractivity contribution < 1.29 is 17.4 Å². The molecule has 1 saturated carbocycles. The monoisotopic (exact) mass is 530 g/mol. The summed E-state index contributed by atoms with van der Waals surface area (Å²) in [5, 5.41) is 0.696. The number of benzene rings is 2. The number of nitrogens with zero attached hydrogens (tertiary/aromatic N) is 5. The molecule has 2 aromatic carbocycles. The van der Waals surface area contributed by atoms with Crippen LogP contribution in [-0.4, -0.2) is 57.8 Å². The van der Waals surface area contributed by atoms with Crippen molar-refractivity contribution in [1.29, 1.82) is 0 Å². The van der Waals surface area contributed by atoms with Crippen LogP contribution in [0, 0.1) is 12.8 Å². The van der Waals surface area contributed by atoms with Crippen LogP contribution in [0.25, 0.3) is 10.9 Å². The van der Waals surface area contributed by atoms with Gasteiger partial charge in [0, 0.05) is 37.6 Å². The summed E-state index contributed by atoms with van der Waals surface area (Å²) < 4.78 is 59.6. The van der Waals surface area contributed by atoms with Gasteiger partial charge in [-0.15, -0.1) is 0 Å². The van der Waals surface area contributed by atoms with Crippen molar-refractivity contribution in [3.8, 4) is 0 Å². The molecule has 196 valence electrons. The second-order valence-corrected chi connectivity index (χ2v) is 12.6. The third-order valence-electron chi connectivity index (χ3n) is 7.37. The summed E-state index contributed by atoms with van der Waals surface area (Å²) >= 11 is 0. The maximum absolute atomic E-state index is 14.0. The van der Waals surface area contributed by atoms with Crippen LogP contribution < -0.4 is 15.5 Å². The molecule has 1 saturated heterocycles. The fourth-order valence-electron chi connectivity index (χ4n) is 5.22. The molecule has 0 amide bonds. The number of alkyl halides is 3. The Balaban J connectivity index is 1.43. The second kappa shape index (κ2) is 8.83. The molecule has 3 heterocycles. The zero-order chi connectivity index (χ0) is 25.9. The number of anilines is 2. The summed E-state index contributed by atoms with van der Waals surface area (Å²) in [6.45, 7) is 2.60. The van der Waals surface area contributed by atoms with Crippen LogP contribution in [0.3, 0.4) is 0 Å². The zero-order valence-corrected chi connectivity index (χ0v) is 21.3. The standard InChI is InChI=1S/C26H29F3N6OS/c1-16-6-9-22-19(12-16)24(35-14-20(21(30)15-35)26(27,28)29)32-25(31-22)34-10-11-37(36,33-18-7-8-18)23-5-3-2-4-17(23)13-34/h2-6,9,12,18,20-21H,7-8,10-11,13-15,30H2,1H3. The van der Waals surface area contributed by atoms with Gasteiger partial charge in [-0.25, -0.2) is 13.6 Å². The summed E-state index contributed by atoms with van der Waals surface area (Å²) in [5.74, 6) is -0.424. The summed E-state index contributed by atoms with van der Waals surface area (Å²) in [7, 11) is -2.59. The van der Waals surface area contributed by atoms with Gasteiger partial charge < -0.3 is 15.5 Å². The lowest BCUT2D eigenvalue weighted by atomic mass is 10.0. The molecule has 2 fully saturated rings. The maximum Gasteiger partial charge on any atom is 0.395 e. The average Bonchev–Trinajstić information content (AvgIpc) is 3.59. The summed E-state index contributed by atoms with van der Waals surface area (Å²) in [6, 6.07) is 12.5. The molecule has 3 aromatic rings. The van der Waals surface area contributed by atoms with Crippen molar-refractivity contribution in [1.82, 2.24) is 9.97 Å². The van der Waals surface area contributed by atoms with Gasteiger partial charge in [0.05, 0.1) is 37.9 Å². The molecule has 2 aliphatic heterocycles. The van der Waals surface area contributed by atoms with Gasteiger partial charge in [-0.2, -0.15) is 18.2 Å². The van der Waals surface area contributed by atoms with Gasteiger partial charge in [0.25, 0.3) is 0 Å². The fraction of sp³-hybridized carbons (Fsp3) is 0.462. The van der Waals surface area contributed by atoms with E-state index in [1.54, 1.807) is 4.90 Å². The Hall–Kier alpha value is -2.92. The Morgan fingerprint density at radius 3 is 2.59 bits per heavy atom. The minimum Gasteiger partial charge on any atom is -0.354 e. The van der Waals surface area contributed by atoms with E-state index in [0.29, 0.717) is 41.5 Å². The smallest absolute Gasteiger partial charge is 0.354 e. The quantitative estimate of drug-likeness (QED) is 0.544. The molecule has 0 spiro atoms. The molecule has 1 aliphatic carbocycles. The molecule has 2 N–H and O–H groups in total. The van der Waals surface area contributed by atoms with E-state index in [2.05, 4.69) is 0 Å². The van der Waals surface area contributed by atoms with Crippen LogP contribution >= 0.6 is 0 Å². The minimum atomic E-state index is -4.38. The van der Waals surface area contributed by atoms with E-state index < -0.39 is 27.9 Å². The molecule has 37 heavy (non-hydrogen) atoms. The Morgan fingerprint density at radius 1 is 1.08 bits per heavy atom. The SMILES string of the molecule is Cc1ccc2nc(N3CCS(=O)(=NC4CC4)c4ccccc4C3)nc(N3CC(N)C(C(F)(F)F)C3)c2c1. The summed E-state index contributed by atoms with van der Waals surface area (Å²) in [4.78, 5) is 14.0. The van der Waals surface area contributed by atoms with Gasteiger partial charge >= 0.3 is 6.18 Å². The normalized spacial score (nSPS) is 26.3. The lowest BCUT2D eigenvalue weighted by Gasteiger charge is -2.25. The number of fused-ring (bicyclic) bond motifs is 2. The highest BCUT2D eigenvalue weighted by Gasteiger charge is 2.49. The summed E-state index contributed by atoms with van der Waals surface area (Å²) in [5.41, 5.74) is 8.46. The molecule has 1 aromatic heterocycles. The molecule has 7 nitrogen and oxygen atoms in total. The molecule has 3 atom stereocenters. The zero-order valence-electron chi connectivity index (χ0n) is 20.5. The molecule has 11 heteroatoms. The molecular formula is C26H29F3N6OS. The highest BCUT2D eigenvalue weighted by atomic mass is 32.2. The van der Waals surface area contributed by atoms with Gasteiger partial charge in [0.1, 0.15) is 5.82 Å². The highest BCUT2D eigenvalue weighted by Crippen LogP contribution is 2.38. The van der Waals surface area contributed by atoms with E-state index >= 15 is 0 Å². The van der Waals surface area contributed by atoms with Crippen molar-refractivity contribution in [2.75, 3.05) is 35.2 Å². The number of nitrogens with two attached hydrogens (primary N) is 1. The van der Waals surface area contributed by atoms with Crippen LogP contribution in [0.2, 0.25) is 0 Å². The van der Waals surface area contributed by atoms with Crippen molar-refractivity contribution in [3.05, 3.63) is 53.6 Å². The van der Waals surface area contributed by atoms with Crippen LogP contribution in [0.15, 0.2) is 51.7 Å². The largest absolute Gasteiger partial charge is 0.395 e. The van der Waals surface area contributed by atoms with Gasteiger partial charge in [-0.3, -0.25) is 0 Å². The lowest BCUT2D eigenvalue weighted by Crippen LogP contribution is -2.38. The number of aryl methyl sites for hydroxylation is 1. The Labute approximate surface area is 214 Å². The second-order valence-electron chi connectivity index (χ2n) is 10.3. The van der Waals surface area contributed by atoms with Gasteiger partial charge in [0.2, 0.25) is 5.95 Å². The molecule has 0 bridgehead atoms. The molecular weight excluding hydrogens is 501 g/mol. The van der Waals surface area contributed by atoms with E-state index in [1.165, 1.54) is 0 Å². The predicted molar refractivity (Wildman–Crippen MR) is 138 cm³/mol. The Morgan fingerprint density at radius 2 is 1.86 bits per heavy atom. The first kappa shape index (κ1) is 24.4. The van der Waals surface area contributed by atoms with Crippen molar-refractivity contribution in [2.45, 2.75) is 49.5 Å². The van der Waals surface area contributed by atoms with Gasteiger partial charge in [0.15, 0.2) is 0 Å². The molecule has 3 aliphatic rings. The van der Waals surface area contributed by atoms with E-state index in [9.17, 15) is 17.4 Å². The van der Waals surface area contributed by atoms with E-state index in [0.717, 1.165) is 28.9 Å². The van der Waals surface area contributed by atoms with Crippen LogP contribution in [0.1, 0.15) is 24.0 Å². The summed E-state index contributed by atoms with van der Waals surface area (Å²) in [6.07, 6.45) is -2.44. The topological polar surface area (TPSA) is 87.7 Å². The van der Waals surface area contributed by atoms with Crippen LogP contribution in [-0.2, 0) is 16.3 Å². The van der Waals surface area contributed by atoms with Crippen molar-refractivity contribution >= 4 is 32.4 Å². The number of halogens is 3. The van der Waals surface area contributed by atoms with Crippen LogP contribution in [0.4, 0.5) is 24.9 Å². The van der Waals surface area contributed by atoms with Gasteiger partial charge in [-0.1, -0.05) is 29.8 Å². The highest BCUT2D eigenvalue weighted by molar-refractivity contribution is 7.93. The first-order valence-electron chi connectivity index (χ1n) is 12.5. The Bertz CT molecular complexity index is 1480. The van der Waals surface area contributed by atoms with Crippen LogP contribution in [0.5, 0.6) is 0 Å². The minimum absolute atomic E-state index is 0.0561.